The summed E-state index contributed by atoms with van der Waals surface area (Å²) in [7, 11) is -1.14. The van der Waals surface area contributed by atoms with Crippen molar-refractivity contribution in [3.8, 4) is 11.5 Å². The maximum atomic E-state index is 8.63. The van der Waals surface area contributed by atoms with Crippen molar-refractivity contribution in [2.75, 3.05) is 0 Å². The monoisotopic (exact) mass is 457 g/mol. The van der Waals surface area contributed by atoms with Gasteiger partial charge in [0.15, 0.2) is 0 Å². The van der Waals surface area contributed by atoms with Crippen LogP contribution in [0.15, 0.2) is 88.8 Å². The molecule has 1 aliphatic rings. The second kappa shape index (κ2) is 12.6. The van der Waals surface area contributed by atoms with Crippen LogP contribution in [0.5, 0.6) is 11.5 Å². The number of para-hydroxylation sites is 2. The topological polar surface area (TPSA) is 52.5 Å². The Balaban J connectivity index is 0.000000220. The summed E-state index contributed by atoms with van der Waals surface area (Å²) in [6, 6.07) is 17.4. The minimum Gasteiger partial charge on any atom is -0.508 e. The smallest absolute Gasteiger partial charge is 0.115 e. The van der Waals surface area contributed by atoms with Crippen molar-refractivity contribution in [2.24, 2.45) is 0 Å². The van der Waals surface area contributed by atoms with Crippen molar-refractivity contribution < 1.29 is 31.8 Å². The SMILES string of the molecule is C=[C]=[Zr]([NH][Si](C)(C)C)[C]1=CC=CC1.Oc1ccccc1.Oc1ccccc1. The second-order valence-corrected chi connectivity index (χ2v) is 17.8. The van der Waals surface area contributed by atoms with E-state index in [0.717, 1.165) is 6.42 Å². The van der Waals surface area contributed by atoms with Crippen LogP contribution in [-0.4, -0.2) is 21.8 Å². The van der Waals surface area contributed by atoms with Crippen LogP contribution < -0.4 is 2.93 Å². The van der Waals surface area contributed by atoms with Crippen LogP contribution in [0.2, 0.25) is 19.6 Å². The van der Waals surface area contributed by atoms with Gasteiger partial charge in [0.25, 0.3) is 0 Å². The van der Waals surface area contributed by atoms with E-state index in [2.05, 4.69) is 50.7 Å². The van der Waals surface area contributed by atoms with Crippen LogP contribution >= 0.6 is 0 Å². The Morgan fingerprint density at radius 2 is 1.41 bits per heavy atom. The molecule has 0 heterocycles. The zero-order valence-corrected chi connectivity index (χ0v) is 19.8. The molecule has 0 radical (unpaired) electrons. The number of aromatic hydroxyl groups is 2. The summed E-state index contributed by atoms with van der Waals surface area (Å²) in [6.45, 7) is 10.9. The fraction of sp³-hybridized carbons (Fsp3) is 0.182. The number of rotatable bonds is 3. The van der Waals surface area contributed by atoms with Crippen LogP contribution in [0.1, 0.15) is 6.42 Å². The molecule has 0 saturated heterocycles. The summed E-state index contributed by atoms with van der Waals surface area (Å²) >= 11 is -1.72. The first-order chi connectivity index (χ1) is 12.8. The van der Waals surface area contributed by atoms with Crippen LogP contribution in [0.4, 0.5) is 0 Å². The van der Waals surface area contributed by atoms with E-state index in [4.69, 9.17) is 10.2 Å². The van der Waals surface area contributed by atoms with Gasteiger partial charge in [-0.2, -0.15) is 0 Å². The van der Waals surface area contributed by atoms with E-state index < -0.39 is 29.8 Å². The fourth-order valence-electron chi connectivity index (χ4n) is 2.10. The Hall–Kier alpha value is -1.77. The first-order valence-corrected chi connectivity index (χ1v) is 16.0. The molecular formula is C22H29NO2SiZr. The average Bonchev–Trinajstić information content (AvgIpc) is 3.16. The third kappa shape index (κ3) is 11.5. The van der Waals surface area contributed by atoms with E-state index in [0.29, 0.717) is 11.5 Å². The second-order valence-electron chi connectivity index (χ2n) is 6.92. The summed E-state index contributed by atoms with van der Waals surface area (Å²) in [5.74, 6) is 0.644. The van der Waals surface area contributed by atoms with Crippen LogP contribution in [-0.2, 0) is 21.6 Å². The number of allylic oxidation sites excluding steroid dienone is 4. The van der Waals surface area contributed by atoms with Crippen LogP contribution in [0.3, 0.4) is 0 Å². The molecule has 0 atom stereocenters. The number of hydrogen-bond acceptors (Lipinski definition) is 3. The molecule has 0 saturated carbocycles. The zero-order chi connectivity index (χ0) is 20.1. The predicted molar refractivity (Wildman–Crippen MR) is 115 cm³/mol. The van der Waals surface area contributed by atoms with Gasteiger partial charge in [-0.15, -0.1) is 0 Å². The number of phenols is 2. The van der Waals surface area contributed by atoms with E-state index in [1.165, 1.54) is 0 Å². The standard InChI is InChI=1S/2C6H6O.C5H5.C3H10NSi.C2H2.Zr/c2*7-6-4-2-1-3-5-6;1-2-4-5-3-1;1-5(2,3)4;1-2;/h2*1-5,7H;1-3H,4H2;4H,1-3H3;1H2;/q;;;-1;;+1. The third-order valence-electron chi connectivity index (χ3n) is 3.28. The molecule has 1 aliphatic carbocycles. The molecule has 0 amide bonds. The Labute approximate surface area is 172 Å². The molecule has 3 rings (SSSR count). The molecule has 0 aliphatic heterocycles. The van der Waals surface area contributed by atoms with E-state index in [1.54, 1.807) is 51.8 Å². The fourth-order valence-corrected chi connectivity index (χ4v) is 12.5. The molecule has 2 aromatic carbocycles. The van der Waals surface area contributed by atoms with Gasteiger partial charge >= 0.3 is 90.2 Å². The van der Waals surface area contributed by atoms with Crippen molar-refractivity contribution in [2.45, 2.75) is 26.1 Å². The quantitative estimate of drug-likeness (QED) is 0.557. The van der Waals surface area contributed by atoms with Gasteiger partial charge in [0.1, 0.15) is 11.5 Å². The molecule has 0 fully saturated rings. The van der Waals surface area contributed by atoms with Crippen LogP contribution in [0.25, 0.3) is 0 Å². The molecule has 0 aromatic heterocycles. The van der Waals surface area contributed by atoms with Crippen molar-refractivity contribution in [3.63, 3.8) is 0 Å². The van der Waals surface area contributed by atoms with Gasteiger partial charge in [-0.3, -0.25) is 0 Å². The summed E-state index contributed by atoms with van der Waals surface area (Å²) in [6.07, 6.45) is 7.76. The average molecular weight is 459 g/mol. The minimum atomic E-state index is -1.72. The van der Waals surface area contributed by atoms with Gasteiger partial charge < -0.3 is 10.2 Å². The Morgan fingerprint density at radius 1 is 0.926 bits per heavy atom. The van der Waals surface area contributed by atoms with Gasteiger partial charge in [0.05, 0.1) is 0 Å². The normalized spacial score (nSPS) is 11.9. The van der Waals surface area contributed by atoms with E-state index in [9.17, 15) is 0 Å². The van der Waals surface area contributed by atoms with Gasteiger partial charge in [-0.1, -0.05) is 36.4 Å². The molecule has 3 N–H and O–H groups in total. The van der Waals surface area contributed by atoms with E-state index >= 15 is 0 Å². The number of phenolic OH excluding ortho intramolecular Hbond substituents is 2. The van der Waals surface area contributed by atoms with E-state index in [-0.39, 0.29) is 0 Å². The summed E-state index contributed by atoms with van der Waals surface area (Å²) in [5, 5.41) is 17.3. The summed E-state index contributed by atoms with van der Waals surface area (Å²) in [5.41, 5.74) is 0. The van der Waals surface area contributed by atoms with Gasteiger partial charge in [-0.05, 0) is 24.3 Å². The molecule has 0 unspecified atom stereocenters. The first-order valence-electron chi connectivity index (χ1n) is 8.84. The minimum absolute atomic E-state index is 0.322. The predicted octanol–water partition coefficient (Wildman–Crippen LogP) is 5.16. The molecule has 27 heavy (non-hydrogen) atoms. The Bertz CT molecular complexity index is 753. The van der Waals surface area contributed by atoms with Crippen molar-refractivity contribution >= 4 is 11.6 Å². The number of benzene rings is 2. The largest absolute Gasteiger partial charge is 0.508 e. The molecule has 5 heteroatoms. The van der Waals surface area contributed by atoms with Gasteiger partial charge in [-0.25, -0.2) is 0 Å². The Morgan fingerprint density at radius 3 is 1.67 bits per heavy atom. The van der Waals surface area contributed by atoms with Crippen LogP contribution in [0, 0.1) is 0 Å². The molecule has 3 nitrogen and oxygen atoms in total. The van der Waals surface area contributed by atoms with Crippen molar-refractivity contribution in [1.29, 1.82) is 0 Å². The summed E-state index contributed by atoms with van der Waals surface area (Å²) < 4.78 is 8.65. The molecule has 0 bridgehead atoms. The molecule has 0 spiro atoms. The van der Waals surface area contributed by atoms with Gasteiger partial charge in [0.2, 0.25) is 0 Å². The molecule has 2 aromatic rings. The summed E-state index contributed by atoms with van der Waals surface area (Å²) in [4.78, 5) is 0. The number of nitrogens with one attached hydrogen (secondary N) is 1. The maximum Gasteiger partial charge on any atom is 0.115 e. The molecular weight excluding hydrogens is 430 g/mol. The maximum absolute atomic E-state index is 8.63. The van der Waals surface area contributed by atoms with Crippen molar-refractivity contribution in [3.05, 3.63) is 88.8 Å². The zero-order valence-electron chi connectivity index (χ0n) is 16.3. The number of hydrogen-bond donors (Lipinski definition) is 3. The van der Waals surface area contributed by atoms with E-state index in [1.807, 2.05) is 12.1 Å². The van der Waals surface area contributed by atoms with Gasteiger partial charge in [0, 0.05) is 0 Å². The first kappa shape index (κ1) is 23.3. The Kier molecular flexibility index (Phi) is 10.8. The molecule has 142 valence electrons. The third-order valence-corrected chi connectivity index (χ3v) is 15.0. The van der Waals surface area contributed by atoms with Crippen molar-refractivity contribution in [1.82, 2.24) is 2.93 Å².